The highest BCUT2D eigenvalue weighted by molar-refractivity contribution is 5.94. The Morgan fingerprint density at radius 1 is 0.956 bits per heavy atom. The fraction of sp³-hybridized carbons (Fsp3) is 0.500. The molecule has 2 N–H and O–H groups in total. The van der Waals surface area contributed by atoms with Crippen LogP contribution in [0, 0.1) is 10.8 Å². The zero-order chi connectivity index (χ0) is 33.2. The summed E-state index contributed by atoms with van der Waals surface area (Å²) in [6, 6.07) is 0. The number of carbonyl (C=O) groups is 2. The second-order valence-electron chi connectivity index (χ2n) is 14.4. The Morgan fingerprint density at radius 3 is 2.29 bits per heavy atom. The topological polar surface area (TPSA) is 102 Å². The highest BCUT2D eigenvalue weighted by Gasteiger charge is 2.52. The molecule has 0 spiro atoms. The number of rotatable bonds is 7. The molecule has 4 aliphatic rings. The Bertz CT molecular complexity index is 1460. The normalized spacial score (nSPS) is 33.8. The number of esters is 2. The Hall–Kier alpha value is -3.48. The number of ether oxygens (including phenoxy) is 3. The van der Waals surface area contributed by atoms with E-state index in [2.05, 4.69) is 19.6 Å². The van der Waals surface area contributed by atoms with Crippen LogP contribution in [-0.2, 0) is 23.8 Å². The first-order chi connectivity index (χ1) is 20.9. The van der Waals surface area contributed by atoms with E-state index in [9.17, 15) is 19.8 Å². The van der Waals surface area contributed by atoms with Crippen LogP contribution in [-0.4, -0.2) is 51.7 Å². The molecule has 5 atom stereocenters. The molecule has 2 heterocycles. The van der Waals surface area contributed by atoms with Gasteiger partial charge in [-0.1, -0.05) is 70.2 Å². The van der Waals surface area contributed by atoms with Gasteiger partial charge in [-0.3, -0.25) is 4.79 Å². The molecule has 45 heavy (non-hydrogen) atoms. The summed E-state index contributed by atoms with van der Waals surface area (Å²) in [5.41, 5.74) is 4.29. The number of allylic oxidation sites excluding steroid dienone is 10. The van der Waals surface area contributed by atoms with Crippen molar-refractivity contribution >= 4 is 11.9 Å². The third-order valence-corrected chi connectivity index (χ3v) is 8.95. The summed E-state index contributed by atoms with van der Waals surface area (Å²) < 4.78 is 17.2. The third kappa shape index (κ3) is 8.22. The van der Waals surface area contributed by atoms with Crippen LogP contribution in [0.5, 0.6) is 0 Å². The molecule has 2 fully saturated rings. The SMILES string of the molecule is CC(=O)O[C@H]1CC(C)(C)C(=C=C/C=C/C=C/C=C/C=C(C)/C=C2/C=C([C@@H]3C=C4C(C)(C)C[C@H](O)C[C@@]4(C)O3)C(=O)O2)[C@](C)(O)C1. The lowest BCUT2D eigenvalue weighted by molar-refractivity contribution is -0.152. The van der Waals surface area contributed by atoms with E-state index in [1.54, 1.807) is 19.1 Å². The number of aliphatic hydroxyl groups is 2. The fourth-order valence-corrected chi connectivity index (χ4v) is 7.47. The summed E-state index contributed by atoms with van der Waals surface area (Å²) in [4.78, 5) is 24.1. The molecule has 7 heteroatoms. The van der Waals surface area contributed by atoms with Crippen molar-refractivity contribution < 1.29 is 34.0 Å². The van der Waals surface area contributed by atoms with Gasteiger partial charge in [-0.15, -0.1) is 5.73 Å². The van der Waals surface area contributed by atoms with E-state index < -0.39 is 29.4 Å². The summed E-state index contributed by atoms with van der Waals surface area (Å²) in [6.07, 6.45) is 21.5. The van der Waals surface area contributed by atoms with Crippen LogP contribution in [0.3, 0.4) is 0 Å². The molecule has 0 aromatic heterocycles. The van der Waals surface area contributed by atoms with Gasteiger partial charge in [0.05, 0.1) is 22.9 Å². The average molecular weight is 617 g/mol. The van der Waals surface area contributed by atoms with E-state index in [-0.39, 0.29) is 22.9 Å². The lowest BCUT2D eigenvalue weighted by atomic mass is 9.65. The van der Waals surface area contributed by atoms with Crippen LogP contribution in [0.1, 0.15) is 81.1 Å². The van der Waals surface area contributed by atoms with Crippen LogP contribution >= 0.6 is 0 Å². The maximum absolute atomic E-state index is 12.7. The molecule has 4 rings (SSSR count). The molecule has 0 radical (unpaired) electrons. The summed E-state index contributed by atoms with van der Waals surface area (Å²) in [5.74, 6) is -0.272. The molecular weight excluding hydrogens is 568 g/mol. The minimum absolute atomic E-state index is 0.208. The van der Waals surface area contributed by atoms with E-state index in [1.165, 1.54) is 6.92 Å². The van der Waals surface area contributed by atoms with Crippen LogP contribution in [0.15, 0.2) is 101 Å². The highest BCUT2D eigenvalue weighted by Crippen LogP contribution is 2.52. The van der Waals surface area contributed by atoms with Crippen molar-refractivity contribution in [1.82, 2.24) is 0 Å². The van der Waals surface area contributed by atoms with Gasteiger partial charge in [-0.25, -0.2) is 4.79 Å². The molecule has 0 unspecified atom stereocenters. The first-order valence-electron chi connectivity index (χ1n) is 15.7. The van der Waals surface area contributed by atoms with Gasteiger partial charge >= 0.3 is 11.9 Å². The van der Waals surface area contributed by atoms with Crippen molar-refractivity contribution in [2.24, 2.45) is 10.8 Å². The number of fused-ring (bicyclic) bond motifs is 1. The van der Waals surface area contributed by atoms with Crippen molar-refractivity contribution in [2.45, 2.75) is 111 Å². The molecule has 7 nitrogen and oxygen atoms in total. The minimum atomic E-state index is -1.11. The Labute approximate surface area is 267 Å². The second kappa shape index (κ2) is 13.1. The third-order valence-electron chi connectivity index (χ3n) is 8.95. The molecule has 2 aliphatic carbocycles. The van der Waals surface area contributed by atoms with Crippen molar-refractivity contribution in [3.05, 3.63) is 101 Å². The molecule has 0 saturated heterocycles. The van der Waals surface area contributed by atoms with Crippen LogP contribution < -0.4 is 0 Å². The van der Waals surface area contributed by atoms with Gasteiger partial charge in [-0.2, -0.15) is 0 Å². The molecule has 0 amide bonds. The predicted octanol–water partition coefficient (Wildman–Crippen LogP) is 6.82. The second-order valence-corrected chi connectivity index (χ2v) is 14.4. The van der Waals surface area contributed by atoms with E-state index in [4.69, 9.17) is 14.2 Å². The van der Waals surface area contributed by atoms with Gasteiger partial charge in [0, 0.05) is 25.3 Å². The van der Waals surface area contributed by atoms with E-state index in [1.807, 2.05) is 82.4 Å². The highest BCUT2D eigenvalue weighted by atomic mass is 16.6. The van der Waals surface area contributed by atoms with Crippen LogP contribution in [0.4, 0.5) is 0 Å². The molecular formula is C38H48O7. The minimum Gasteiger partial charge on any atom is -0.462 e. The van der Waals surface area contributed by atoms with Crippen molar-refractivity contribution in [3.8, 4) is 0 Å². The van der Waals surface area contributed by atoms with E-state index >= 15 is 0 Å². The Morgan fingerprint density at radius 2 is 1.62 bits per heavy atom. The van der Waals surface area contributed by atoms with Crippen LogP contribution in [0.2, 0.25) is 0 Å². The predicted molar refractivity (Wildman–Crippen MR) is 175 cm³/mol. The van der Waals surface area contributed by atoms with Crippen molar-refractivity contribution in [1.29, 1.82) is 0 Å². The standard InChI is InChI=1S/C38H48O7/c1-25(18-28-19-30(34(41)44-28)31-20-33-35(3,4)21-27(40)22-38(33,8)45-31)16-14-12-10-9-11-13-15-17-32-36(5,6)23-29(43-26(2)39)24-37(32,7)42/h9-16,18-20,27,29,31,40,42H,21-24H2,1-8H3/b10-9+,13-11+,14-12+,25-16+,28-18-/t17?,27-,29-,31-,37+,38+/m0/s1. The fourth-order valence-electron chi connectivity index (χ4n) is 7.47. The number of carbonyl (C=O) groups excluding carboxylic acids is 2. The number of aliphatic hydroxyl groups excluding tert-OH is 1. The summed E-state index contributed by atoms with van der Waals surface area (Å²) in [6.45, 7) is 15.3. The van der Waals surface area contributed by atoms with Gasteiger partial charge in [0.2, 0.25) is 0 Å². The van der Waals surface area contributed by atoms with Crippen molar-refractivity contribution in [2.75, 3.05) is 0 Å². The van der Waals surface area contributed by atoms with Gasteiger partial charge in [0.1, 0.15) is 18.0 Å². The summed E-state index contributed by atoms with van der Waals surface area (Å²) in [5, 5.41) is 21.4. The Balaban J connectivity index is 1.34. The lowest BCUT2D eigenvalue weighted by Gasteiger charge is -2.44. The largest absolute Gasteiger partial charge is 0.462 e. The first-order valence-corrected chi connectivity index (χ1v) is 15.7. The van der Waals surface area contributed by atoms with Gasteiger partial charge in [0.25, 0.3) is 0 Å². The number of hydrogen-bond donors (Lipinski definition) is 2. The Kier molecular flexibility index (Phi) is 10.0. The monoisotopic (exact) mass is 616 g/mol. The quantitative estimate of drug-likeness (QED) is 0.140. The molecule has 0 aromatic carbocycles. The van der Waals surface area contributed by atoms with Gasteiger partial charge in [0.15, 0.2) is 0 Å². The van der Waals surface area contributed by atoms with Crippen LogP contribution in [0.25, 0.3) is 0 Å². The average Bonchev–Trinajstić information content (AvgIpc) is 3.41. The lowest BCUT2D eigenvalue weighted by Crippen LogP contribution is -2.46. The van der Waals surface area contributed by atoms with Gasteiger partial charge < -0.3 is 24.4 Å². The molecule has 0 bridgehead atoms. The molecule has 2 aliphatic heterocycles. The number of hydrogen-bond acceptors (Lipinski definition) is 7. The summed E-state index contributed by atoms with van der Waals surface area (Å²) in [7, 11) is 0. The van der Waals surface area contributed by atoms with E-state index in [0.29, 0.717) is 37.0 Å². The maximum Gasteiger partial charge on any atom is 0.342 e. The smallest absolute Gasteiger partial charge is 0.342 e. The molecule has 2 saturated carbocycles. The summed E-state index contributed by atoms with van der Waals surface area (Å²) >= 11 is 0. The maximum atomic E-state index is 12.7. The first kappa shape index (κ1) is 34.4. The number of cyclic esters (lactones) is 1. The van der Waals surface area contributed by atoms with E-state index in [0.717, 1.165) is 16.7 Å². The zero-order valence-corrected chi connectivity index (χ0v) is 27.8. The molecule has 0 aromatic rings. The van der Waals surface area contributed by atoms with Gasteiger partial charge in [-0.05, 0) is 79.9 Å². The zero-order valence-electron chi connectivity index (χ0n) is 27.8. The van der Waals surface area contributed by atoms with Crippen molar-refractivity contribution in [3.63, 3.8) is 0 Å². The molecule has 242 valence electrons.